The first-order valence-electron chi connectivity index (χ1n) is 14.5. The van der Waals surface area contributed by atoms with Crippen molar-refractivity contribution in [3.05, 3.63) is 70.8 Å². The summed E-state index contributed by atoms with van der Waals surface area (Å²) in [5, 5.41) is 16.4. The predicted octanol–water partition coefficient (Wildman–Crippen LogP) is 7.09. The fourth-order valence-electron chi connectivity index (χ4n) is 5.22. The zero-order valence-corrected chi connectivity index (χ0v) is 25.3. The van der Waals surface area contributed by atoms with E-state index in [0.717, 1.165) is 44.0 Å². The van der Waals surface area contributed by atoms with E-state index in [9.17, 15) is 14.4 Å². The molecule has 0 saturated carbocycles. The van der Waals surface area contributed by atoms with Crippen molar-refractivity contribution in [2.75, 3.05) is 26.2 Å². The van der Waals surface area contributed by atoms with Gasteiger partial charge in [0.1, 0.15) is 0 Å². The Morgan fingerprint density at radius 1 is 0.878 bits per heavy atom. The number of aliphatic carboxylic acids is 2. The first kappa shape index (κ1) is 32.7. The molecule has 1 fully saturated rings. The fourth-order valence-corrected chi connectivity index (χ4v) is 6.52. The number of fused-ring (bicyclic) bond motifs is 2. The van der Waals surface area contributed by atoms with Crippen molar-refractivity contribution < 1.29 is 24.6 Å². The lowest BCUT2D eigenvalue weighted by atomic mass is 9.96. The summed E-state index contributed by atoms with van der Waals surface area (Å²) in [6, 6.07) is 15.4. The number of hydrogen-bond donors (Lipinski definition) is 2. The molecule has 2 aromatic rings. The van der Waals surface area contributed by atoms with Gasteiger partial charge in [-0.15, -0.1) is 0 Å². The summed E-state index contributed by atoms with van der Waals surface area (Å²) in [6.07, 6.45) is 11.6. The molecule has 1 saturated heterocycles. The zero-order chi connectivity index (χ0) is 29.6. The van der Waals surface area contributed by atoms with Gasteiger partial charge in [0.15, 0.2) is 0 Å². The smallest absolute Gasteiger partial charge is 0.328 e. The third-order valence-electron chi connectivity index (χ3n) is 7.41. The van der Waals surface area contributed by atoms with E-state index in [4.69, 9.17) is 21.8 Å². The maximum Gasteiger partial charge on any atom is 0.328 e. The van der Waals surface area contributed by atoms with Crippen molar-refractivity contribution in [3.63, 3.8) is 0 Å². The van der Waals surface area contributed by atoms with E-state index in [1.54, 1.807) is 0 Å². The summed E-state index contributed by atoms with van der Waals surface area (Å²) in [7, 11) is 0. The molecule has 41 heavy (non-hydrogen) atoms. The van der Waals surface area contributed by atoms with Crippen LogP contribution >= 0.6 is 23.4 Å². The van der Waals surface area contributed by atoms with Gasteiger partial charge in [-0.3, -0.25) is 9.69 Å². The number of carboxylic acids is 2. The Morgan fingerprint density at radius 2 is 1.51 bits per heavy atom. The van der Waals surface area contributed by atoms with E-state index in [2.05, 4.69) is 53.1 Å². The number of benzene rings is 2. The molecule has 2 aromatic carbocycles. The van der Waals surface area contributed by atoms with E-state index in [-0.39, 0.29) is 0 Å². The maximum atomic E-state index is 12.8. The van der Waals surface area contributed by atoms with Gasteiger partial charge in [0.2, 0.25) is 5.91 Å². The van der Waals surface area contributed by atoms with Crippen molar-refractivity contribution in [2.24, 2.45) is 0 Å². The molecule has 1 unspecified atom stereocenters. The third kappa shape index (κ3) is 10.8. The highest BCUT2D eigenvalue weighted by Gasteiger charge is 2.31. The van der Waals surface area contributed by atoms with E-state index in [0.29, 0.717) is 30.5 Å². The summed E-state index contributed by atoms with van der Waals surface area (Å²) in [5.41, 5.74) is 2.73. The fraction of sp³-hybridized carbons (Fsp3) is 0.469. The number of hydrogen-bond acceptors (Lipinski definition) is 5. The molecule has 222 valence electrons. The minimum absolute atomic E-state index is 0.301. The molecule has 4 rings (SSSR count). The monoisotopic (exact) mass is 600 g/mol. The van der Waals surface area contributed by atoms with Crippen LogP contribution in [-0.4, -0.2) is 64.0 Å². The van der Waals surface area contributed by atoms with E-state index in [1.165, 1.54) is 59.4 Å². The Bertz CT molecular complexity index is 1180. The SMILES string of the molecule is CCCCCCCCCC(=O)N1CCN(C2Cc3ccccc3Sc3ccc(Cl)cc32)CC1.O=C(O)/C=C\C(=O)O. The van der Waals surface area contributed by atoms with Crippen LogP contribution in [0.4, 0.5) is 0 Å². The quantitative estimate of drug-likeness (QED) is 0.210. The Labute approximate surface area is 252 Å². The highest BCUT2D eigenvalue weighted by molar-refractivity contribution is 7.99. The minimum Gasteiger partial charge on any atom is -0.478 e. The molecule has 2 N–H and O–H groups in total. The molecule has 0 spiro atoms. The van der Waals surface area contributed by atoms with Crippen molar-refractivity contribution in [1.29, 1.82) is 0 Å². The van der Waals surface area contributed by atoms with E-state index >= 15 is 0 Å². The molecule has 1 amide bonds. The van der Waals surface area contributed by atoms with Crippen molar-refractivity contribution in [2.45, 2.75) is 80.5 Å². The Kier molecular flexibility index (Phi) is 13.7. The molecule has 0 aromatic heterocycles. The van der Waals surface area contributed by atoms with Crippen LogP contribution in [0.15, 0.2) is 64.4 Å². The first-order valence-corrected chi connectivity index (χ1v) is 15.7. The van der Waals surface area contributed by atoms with Crippen LogP contribution in [0.2, 0.25) is 5.02 Å². The molecular formula is C32H41ClN2O5S. The van der Waals surface area contributed by atoms with Gasteiger partial charge in [-0.25, -0.2) is 9.59 Å². The van der Waals surface area contributed by atoms with Gasteiger partial charge in [-0.1, -0.05) is 87.0 Å². The highest BCUT2D eigenvalue weighted by Crippen LogP contribution is 2.43. The number of nitrogens with zero attached hydrogens (tertiary/aromatic N) is 2. The van der Waals surface area contributed by atoms with Gasteiger partial charge in [0.05, 0.1) is 0 Å². The predicted molar refractivity (Wildman–Crippen MR) is 164 cm³/mol. The molecule has 1 atom stereocenters. The average molecular weight is 601 g/mol. The number of piperazine rings is 1. The summed E-state index contributed by atoms with van der Waals surface area (Å²) in [4.78, 5) is 39.2. The van der Waals surface area contributed by atoms with Crippen molar-refractivity contribution in [3.8, 4) is 0 Å². The van der Waals surface area contributed by atoms with Gasteiger partial charge in [0.25, 0.3) is 0 Å². The maximum absolute atomic E-state index is 12.8. The number of halogens is 1. The minimum atomic E-state index is -1.26. The molecular weight excluding hydrogens is 560 g/mol. The van der Waals surface area contributed by atoms with E-state index < -0.39 is 11.9 Å². The largest absolute Gasteiger partial charge is 0.478 e. The summed E-state index contributed by atoms with van der Waals surface area (Å²) in [6.45, 7) is 5.76. The standard InChI is InChI=1S/C28H37ClN2OS.C4H4O4/c1-2-3-4-5-6-7-8-13-28(32)31-18-16-30(17-19-31)25-20-22-11-9-10-12-26(22)33-27-15-14-23(29)21-24(25)27;5-3(6)1-2-4(7)8/h9-12,14-15,21,25H,2-8,13,16-20H2,1H3;1-2H,(H,5,6)(H,7,8)/b;2-1-. The number of amides is 1. The molecule has 0 aliphatic carbocycles. The van der Waals surface area contributed by atoms with Gasteiger partial charge < -0.3 is 15.1 Å². The second-order valence-corrected chi connectivity index (χ2v) is 11.9. The lowest BCUT2D eigenvalue weighted by molar-refractivity contribution is -0.134. The van der Waals surface area contributed by atoms with Crippen molar-refractivity contribution in [1.82, 2.24) is 9.80 Å². The Balaban J connectivity index is 0.000000507. The summed E-state index contributed by atoms with van der Waals surface area (Å²) in [5.74, 6) is -2.17. The van der Waals surface area contributed by atoms with Crippen molar-refractivity contribution >= 4 is 41.2 Å². The highest BCUT2D eigenvalue weighted by atomic mass is 35.5. The van der Waals surface area contributed by atoms with Crippen LogP contribution in [-0.2, 0) is 20.8 Å². The van der Waals surface area contributed by atoms with Gasteiger partial charge in [0, 0.05) is 65.6 Å². The average Bonchev–Trinajstić information content (AvgIpc) is 3.12. The lowest BCUT2D eigenvalue weighted by Gasteiger charge is -2.39. The summed E-state index contributed by atoms with van der Waals surface area (Å²) >= 11 is 8.28. The van der Waals surface area contributed by atoms with Gasteiger partial charge >= 0.3 is 11.9 Å². The summed E-state index contributed by atoms with van der Waals surface area (Å²) < 4.78 is 0. The van der Waals surface area contributed by atoms with Crippen LogP contribution in [0, 0.1) is 0 Å². The van der Waals surface area contributed by atoms with Crippen LogP contribution in [0.5, 0.6) is 0 Å². The second-order valence-electron chi connectivity index (χ2n) is 10.4. The molecule has 0 bridgehead atoms. The third-order valence-corrected chi connectivity index (χ3v) is 8.85. The van der Waals surface area contributed by atoms with Crippen LogP contribution < -0.4 is 0 Å². The normalized spacial score (nSPS) is 16.7. The van der Waals surface area contributed by atoms with Gasteiger partial charge in [-0.2, -0.15) is 0 Å². The molecule has 2 aliphatic rings. The zero-order valence-electron chi connectivity index (χ0n) is 23.8. The van der Waals surface area contributed by atoms with Crippen LogP contribution in [0.3, 0.4) is 0 Å². The lowest BCUT2D eigenvalue weighted by Crippen LogP contribution is -2.50. The number of unbranched alkanes of at least 4 members (excludes halogenated alkanes) is 6. The number of carboxylic acid groups (broad SMARTS) is 2. The topological polar surface area (TPSA) is 98.2 Å². The first-order chi connectivity index (χ1) is 19.8. The molecule has 2 aliphatic heterocycles. The van der Waals surface area contributed by atoms with Gasteiger partial charge in [-0.05, 0) is 48.2 Å². The molecule has 0 radical (unpaired) electrons. The molecule has 7 nitrogen and oxygen atoms in total. The Hall–Kier alpha value is -2.81. The second kappa shape index (κ2) is 17.2. The number of carbonyl (C=O) groups is 3. The molecule has 2 heterocycles. The van der Waals surface area contributed by atoms with Crippen LogP contribution in [0.25, 0.3) is 0 Å². The van der Waals surface area contributed by atoms with Crippen LogP contribution in [0.1, 0.15) is 75.5 Å². The number of rotatable bonds is 11. The van der Waals surface area contributed by atoms with E-state index in [1.807, 2.05) is 17.8 Å². The number of carbonyl (C=O) groups excluding carboxylic acids is 1. The Morgan fingerprint density at radius 3 is 2.17 bits per heavy atom. The molecule has 9 heteroatoms.